The molecular formula is C29H42O3. The summed E-state index contributed by atoms with van der Waals surface area (Å²) < 4.78 is 6.01. The van der Waals surface area contributed by atoms with Crippen LogP contribution in [0.4, 0.5) is 0 Å². The molecule has 0 radical (unpaired) electrons. The van der Waals surface area contributed by atoms with Crippen molar-refractivity contribution in [2.75, 3.05) is 6.61 Å². The van der Waals surface area contributed by atoms with Gasteiger partial charge in [0.15, 0.2) is 0 Å². The van der Waals surface area contributed by atoms with Crippen LogP contribution in [0.3, 0.4) is 0 Å². The zero-order valence-electron chi connectivity index (χ0n) is 20.8. The van der Waals surface area contributed by atoms with Gasteiger partial charge in [0.1, 0.15) is 0 Å². The van der Waals surface area contributed by atoms with E-state index < -0.39 is 6.10 Å². The third-order valence-corrected chi connectivity index (χ3v) is 6.48. The van der Waals surface area contributed by atoms with Crippen LogP contribution in [0.25, 0.3) is 6.08 Å². The molecule has 0 aromatic heterocycles. The molecule has 1 heterocycles. The number of aliphatic hydroxyl groups is 2. The smallest absolute Gasteiger partial charge is 0.0854 e. The summed E-state index contributed by atoms with van der Waals surface area (Å²) in [4.78, 5) is 0. The van der Waals surface area contributed by atoms with Gasteiger partial charge < -0.3 is 14.9 Å². The molecule has 1 aliphatic rings. The number of rotatable bonds is 6. The van der Waals surface area contributed by atoms with Crippen LogP contribution in [-0.2, 0) is 4.74 Å². The first-order valence-corrected chi connectivity index (χ1v) is 12.1. The van der Waals surface area contributed by atoms with E-state index in [2.05, 4.69) is 90.1 Å². The molecule has 4 atom stereocenters. The molecule has 32 heavy (non-hydrogen) atoms. The predicted molar refractivity (Wildman–Crippen MR) is 135 cm³/mol. The van der Waals surface area contributed by atoms with Gasteiger partial charge in [0, 0.05) is 18.8 Å². The minimum atomic E-state index is -0.430. The van der Waals surface area contributed by atoms with Gasteiger partial charge in [-0.3, -0.25) is 0 Å². The second-order valence-electron chi connectivity index (χ2n) is 9.14. The number of benzene rings is 2. The van der Waals surface area contributed by atoms with Gasteiger partial charge >= 0.3 is 0 Å². The first-order chi connectivity index (χ1) is 15.3. The van der Waals surface area contributed by atoms with E-state index in [1.54, 1.807) is 0 Å². The zero-order chi connectivity index (χ0) is 23.7. The van der Waals surface area contributed by atoms with Crippen molar-refractivity contribution in [1.82, 2.24) is 0 Å². The Morgan fingerprint density at radius 2 is 1.75 bits per heavy atom. The number of aryl methyl sites for hydroxylation is 2. The fraction of sp³-hybridized carbons (Fsp3) is 0.517. The zero-order valence-corrected chi connectivity index (χ0v) is 20.8. The summed E-state index contributed by atoms with van der Waals surface area (Å²) in [5.41, 5.74) is 7.46. The number of allylic oxidation sites excluding steroid dienone is 1. The topological polar surface area (TPSA) is 49.7 Å². The van der Waals surface area contributed by atoms with Crippen molar-refractivity contribution in [3.8, 4) is 0 Å². The lowest BCUT2D eigenvalue weighted by atomic mass is 9.86. The average Bonchev–Trinajstić information content (AvgIpc) is 2.80. The second-order valence-corrected chi connectivity index (χ2v) is 9.14. The van der Waals surface area contributed by atoms with E-state index >= 15 is 0 Å². The maximum Gasteiger partial charge on any atom is 0.0854 e. The third kappa shape index (κ3) is 7.30. The number of unbranched alkanes of at least 4 members (excludes halogenated alkanes) is 1. The largest absolute Gasteiger partial charge is 0.394 e. The molecule has 3 heteroatoms. The van der Waals surface area contributed by atoms with Gasteiger partial charge in [0.2, 0.25) is 0 Å². The molecule has 176 valence electrons. The maximum absolute atomic E-state index is 10.2. The number of hydrogen-bond donors (Lipinski definition) is 2. The predicted octanol–water partition coefficient (Wildman–Crippen LogP) is 6.89. The molecule has 0 saturated carbocycles. The van der Waals surface area contributed by atoms with Crippen LogP contribution >= 0.6 is 0 Å². The molecule has 3 nitrogen and oxygen atoms in total. The first kappa shape index (κ1) is 26.3. The summed E-state index contributed by atoms with van der Waals surface area (Å²) in [6.45, 7) is 13.0. The van der Waals surface area contributed by atoms with E-state index in [1.165, 1.54) is 40.7 Å². The quantitative estimate of drug-likeness (QED) is 0.516. The molecule has 4 unspecified atom stereocenters. The van der Waals surface area contributed by atoms with Crippen LogP contribution in [0.1, 0.15) is 93.2 Å². The number of hydrogen-bond acceptors (Lipinski definition) is 3. The normalized spacial score (nSPS) is 22.1. The van der Waals surface area contributed by atoms with E-state index in [1.807, 2.05) is 0 Å². The summed E-state index contributed by atoms with van der Waals surface area (Å²) in [6, 6.07) is 14.9. The Balaban J connectivity index is 0.000000837. The third-order valence-electron chi connectivity index (χ3n) is 6.48. The lowest BCUT2D eigenvalue weighted by Gasteiger charge is -2.33. The van der Waals surface area contributed by atoms with Crippen molar-refractivity contribution in [1.29, 1.82) is 0 Å². The fourth-order valence-electron chi connectivity index (χ4n) is 4.01. The Bertz CT molecular complexity index is 868. The fourth-order valence-corrected chi connectivity index (χ4v) is 4.01. The Morgan fingerprint density at radius 3 is 2.38 bits per heavy atom. The van der Waals surface area contributed by atoms with Crippen molar-refractivity contribution in [2.45, 2.75) is 91.5 Å². The van der Waals surface area contributed by atoms with Crippen LogP contribution in [0, 0.1) is 13.8 Å². The first-order valence-electron chi connectivity index (χ1n) is 12.1. The van der Waals surface area contributed by atoms with Crippen LogP contribution in [0.2, 0.25) is 0 Å². The highest BCUT2D eigenvalue weighted by Crippen LogP contribution is 2.35. The molecule has 0 aliphatic carbocycles. The van der Waals surface area contributed by atoms with Crippen molar-refractivity contribution < 1.29 is 14.9 Å². The number of aliphatic hydroxyl groups excluding tert-OH is 2. The van der Waals surface area contributed by atoms with Gasteiger partial charge in [0.05, 0.1) is 24.9 Å². The molecule has 1 saturated heterocycles. The van der Waals surface area contributed by atoms with Crippen LogP contribution in [-0.4, -0.2) is 29.0 Å². The highest BCUT2D eigenvalue weighted by atomic mass is 16.5. The molecule has 0 spiro atoms. The minimum absolute atomic E-state index is 0.0546. The summed E-state index contributed by atoms with van der Waals surface area (Å²) in [5, 5.41) is 19.6. The lowest BCUT2D eigenvalue weighted by molar-refractivity contribution is -0.113. The Labute approximate surface area is 195 Å². The van der Waals surface area contributed by atoms with Gasteiger partial charge in [0.25, 0.3) is 0 Å². The van der Waals surface area contributed by atoms with E-state index in [9.17, 15) is 10.2 Å². The van der Waals surface area contributed by atoms with Gasteiger partial charge in [-0.15, -0.1) is 0 Å². The summed E-state index contributed by atoms with van der Waals surface area (Å²) >= 11 is 0. The van der Waals surface area contributed by atoms with Gasteiger partial charge in [-0.1, -0.05) is 87.7 Å². The standard InChI is InChI=1S/C25H32O3.C4H10/c1-16-7-5-6-8-20(16)11-18(3)19(4)24-12-21(10-9-17(24)2)25-14-22(27)13-23(15-26)28-25;1-3-4-2/h5-12,19,22-23,25-27H,13-15H2,1-4H3;3-4H2,1-2H3/b18-11+;. The molecule has 2 aromatic carbocycles. The summed E-state index contributed by atoms with van der Waals surface area (Å²) in [5.74, 6) is 0.279. The van der Waals surface area contributed by atoms with Crippen LogP contribution in [0.15, 0.2) is 48.0 Å². The second kappa shape index (κ2) is 12.9. The summed E-state index contributed by atoms with van der Waals surface area (Å²) in [7, 11) is 0. The van der Waals surface area contributed by atoms with Crippen molar-refractivity contribution in [3.05, 3.63) is 75.9 Å². The van der Waals surface area contributed by atoms with Gasteiger partial charge in [-0.05, 0) is 48.6 Å². The van der Waals surface area contributed by atoms with Gasteiger partial charge in [-0.2, -0.15) is 0 Å². The van der Waals surface area contributed by atoms with Crippen molar-refractivity contribution >= 4 is 6.08 Å². The molecule has 2 N–H and O–H groups in total. The summed E-state index contributed by atoms with van der Waals surface area (Å²) in [6.07, 6.45) is 5.09. The van der Waals surface area contributed by atoms with Gasteiger partial charge in [-0.25, -0.2) is 0 Å². The Morgan fingerprint density at radius 1 is 1.06 bits per heavy atom. The molecule has 1 fully saturated rings. The van der Waals surface area contributed by atoms with Crippen molar-refractivity contribution in [3.63, 3.8) is 0 Å². The molecule has 1 aliphatic heterocycles. The van der Waals surface area contributed by atoms with E-state index in [-0.39, 0.29) is 24.7 Å². The Kier molecular flexibility index (Phi) is 10.6. The highest BCUT2D eigenvalue weighted by molar-refractivity contribution is 5.58. The van der Waals surface area contributed by atoms with E-state index in [0.29, 0.717) is 12.8 Å². The monoisotopic (exact) mass is 438 g/mol. The molecule has 2 aromatic rings. The molecule has 3 rings (SSSR count). The average molecular weight is 439 g/mol. The number of ether oxygens (including phenoxy) is 1. The highest BCUT2D eigenvalue weighted by Gasteiger charge is 2.29. The SMILES string of the molecule is C/C(=C\c1ccccc1C)C(C)c1cc(C2CC(O)CC(CO)O2)ccc1C.CCCC. The van der Waals surface area contributed by atoms with Crippen molar-refractivity contribution in [2.24, 2.45) is 0 Å². The van der Waals surface area contributed by atoms with Crippen LogP contribution in [0.5, 0.6) is 0 Å². The maximum atomic E-state index is 10.2. The molecule has 0 bridgehead atoms. The Hall–Kier alpha value is -1.94. The van der Waals surface area contributed by atoms with E-state index in [4.69, 9.17) is 4.74 Å². The minimum Gasteiger partial charge on any atom is -0.394 e. The molecule has 0 amide bonds. The lowest BCUT2D eigenvalue weighted by Crippen LogP contribution is -2.33. The van der Waals surface area contributed by atoms with E-state index in [0.717, 1.165) is 5.56 Å². The van der Waals surface area contributed by atoms with Crippen LogP contribution < -0.4 is 0 Å². The molecular weight excluding hydrogens is 396 g/mol.